The maximum Gasteiger partial charge on any atom is 0.291 e. The highest BCUT2D eigenvalue weighted by Gasteiger charge is 2.42. The van der Waals surface area contributed by atoms with Gasteiger partial charge in [0, 0.05) is 0 Å². The molecule has 0 bridgehead atoms. The van der Waals surface area contributed by atoms with Gasteiger partial charge >= 0.3 is 0 Å². The molecule has 1 aromatic heterocycles. The van der Waals surface area contributed by atoms with E-state index in [1.807, 2.05) is 58.3 Å². The van der Waals surface area contributed by atoms with Gasteiger partial charge in [-0.15, -0.1) is 0 Å². The normalized spacial score (nSPS) is 16.0. The quantitative estimate of drug-likeness (QED) is 0.681. The number of fused-ring (bicyclic) bond motifs is 2. The smallest absolute Gasteiger partial charge is 0.291 e. The van der Waals surface area contributed by atoms with Gasteiger partial charge in [0.1, 0.15) is 11.3 Å². The summed E-state index contributed by atoms with van der Waals surface area (Å²) in [7, 11) is 4.08. The molecule has 1 amide bonds. The van der Waals surface area contributed by atoms with Gasteiger partial charge in [-0.2, -0.15) is 0 Å². The highest BCUT2D eigenvalue weighted by molar-refractivity contribution is 5.99. The van der Waals surface area contributed by atoms with Crippen LogP contribution < -0.4 is 15.1 Å². The number of quaternary nitrogens is 1. The van der Waals surface area contributed by atoms with Gasteiger partial charge in [0.25, 0.3) is 5.91 Å². The van der Waals surface area contributed by atoms with Crippen molar-refractivity contribution in [3.05, 3.63) is 75.6 Å². The van der Waals surface area contributed by atoms with E-state index in [1.54, 1.807) is 23.1 Å². The number of carbonyl (C=O) groups excluding carboxylic acids is 1. The number of hydrogen-bond donors (Lipinski definition) is 1. The van der Waals surface area contributed by atoms with E-state index in [4.69, 9.17) is 9.15 Å². The van der Waals surface area contributed by atoms with Gasteiger partial charge in [-0.25, -0.2) is 0 Å². The fraction of sp³-hybridized carbons (Fsp3) is 0.333. The number of rotatable bonds is 6. The molecule has 1 aliphatic heterocycles. The third-order valence-electron chi connectivity index (χ3n) is 5.29. The van der Waals surface area contributed by atoms with Gasteiger partial charge in [0.05, 0.1) is 50.3 Å². The zero-order valence-electron chi connectivity index (χ0n) is 17.8. The van der Waals surface area contributed by atoms with Crippen molar-refractivity contribution < 1.29 is 18.8 Å². The van der Waals surface area contributed by atoms with Gasteiger partial charge in [0.2, 0.25) is 5.76 Å². The highest BCUT2D eigenvalue weighted by Crippen LogP contribution is 2.38. The first-order valence-electron chi connectivity index (χ1n) is 10.3. The second-order valence-electron chi connectivity index (χ2n) is 8.26. The highest BCUT2D eigenvalue weighted by atomic mass is 16.5. The molecule has 0 aliphatic carbocycles. The molecule has 4 rings (SSSR count). The molecule has 6 heteroatoms. The summed E-state index contributed by atoms with van der Waals surface area (Å²) in [6.45, 7) is 5.23. The van der Waals surface area contributed by atoms with Crippen LogP contribution in [-0.2, 0) is 0 Å². The Morgan fingerprint density at radius 3 is 2.43 bits per heavy atom. The number of carbonyl (C=O) groups is 1. The van der Waals surface area contributed by atoms with Crippen LogP contribution in [0.3, 0.4) is 0 Å². The van der Waals surface area contributed by atoms with E-state index in [0.29, 0.717) is 23.1 Å². The van der Waals surface area contributed by atoms with E-state index in [1.165, 1.54) is 4.90 Å². The van der Waals surface area contributed by atoms with Crippen LogP contribution in [0, 0.1) is 0 Å². The number of benzene rings is 2. The summed E-state index contributed by atoms with van der Waals surface area (Å²) in [6, 6.07) is 14.2. The summed E-state index contributed by atoms with van der Waals surface area (Å²) in [5.41, 5.74) is 1.58. The predicted octanol–water partition coefficient (Wildman–Crippen LogP) is 2.27. The molecule has 1 N–H and O–H groups in total. The number of likely N-dealkylation sites (N-methyl/N-ethyl adjacent to an activating group) is 1. The van der Waals surface area contributed by atoms with E-state index < -0.39 is 6.04 Å². The van der Waals surface area contributed by atoms with Crippen LogP contribution >= 0.6 is 0 Å². The van der Waals surface area contributed by atoms with Crippen LogP contribution in [-0.4, -0.2) is 44.1 Å². The molecule has 0 fully saturated rings. The molecule has 6 nitrogen and oxygen atoms in total. The molecule has 156 valence electrons. The molecule has 0 saturated heterocycles. The predicted molar refractivity (Wildman–Crippen MR) is 115 cm³/mol. The first-order chi connectivity index (χ1) is 14.4. The number of nitrogens with zero attached hydrogens (tertiary/aromatic N) is 1. The van der Waals surface area contributed by atoms with Crippen molar-refractivity contribution in [2.45, 2.75) is 26.0 Å². The minimum atomic E-state index is -0.471. The molecule has 30 heavy (non-hydrogen) atoms. The lowest BCUT2D eigenvalue weighted by Crippen LogP contribution is -3.06. The molecular formula is C24H27N2O4+. The van der Waals surface area contributed by atoms with Gasteiger partial charge in [-0.1, -0.05) is 24.3 Å². The SMILES string of the molecule is CC(C)Oc1ccc([C@@H]2c3c(oc4ccccc4c3=O)C(=O)N2CC[NH+](C)C)cc1. The second-order valence-corrected chi connectivity index (χ2v) is 8.26. The van der Waals surface area contributed by atoms with Crippen LogP contribution in [0.2, 0.25) is 0 Å². The first kappa shape index (κ1) is 20.2. The van der Waals surface area contributed by atoms with Crippen molar-refractivity contribution in [3.8, 4) is 5.75 Å². The van der Waals surface area contributed by atoms with E-state index in [2.05, 4.69) is 0 Å². The van der Waals surface area contributed by atoms with Crippen molar-refractivity contribution >= 4 is 16.9 Å². The number of ether oxygens (including phenoxy) is 1. The summed E-state index contributed by atoms with van der Waals surface area (Å²) >= 11 is 0. The standard InChI is InChI=1S/C24H26N2O4/c1-15(2)29-17-11-9-16(10-12-17)21-20-22(27)18-7-5-6-8-19(18)30-23(20)24(28)26(21)14-13-25(3)4/h5-12,15,21H,13-14H2,1-4H3/p+1/t21-/m1/s1. The Morgan fingerprint density at radius 1 is 1.07 bits per heavy atom. The number of para-hydroxylation sites is 1. The molecule has 0 spiro atoms. The third kappa shape index (κ3) is 3.59. The van der Waals surface area contributed by atoms with Crippen molar-refractivity contribution in [1.82, 2.24) is 4.90 Å². The van der Waals surface area contributed by atoms with Gasteiger partial charge in [-0.05, 0) is 43.7 Å². The van der Waals surface area contributed by atoms with Crippen LogP contribution in [0.4, 0.5) is 0 Å². The molecule has 3 aromatic rings. The molecule has 0 unspecified atom stereocenters. The molecule has 2 aromatic carbocycles. The molecule has 1 aliphatic rings. The van der Waals surface area contributed by atoms with Gasteiger partial charge in [0.15, 0.2) is 5.43 Å². The molecule has 2 heterocycles. The van der Waals surface area contributed by atoms with Crippen molar-refractivity contribution in [2.75, 3.05) is 27.2 Å². The number of hydrogen-bond acceptors (Lipinski definition) is 4. The Morgan fingerprint density at radius 2 is 1.77 bits per heavy atom. The van der Waals surface area contributed by atoms with Crippen LogP contribution in [0.5, 0.6) is 5.75 Å². The molecule has 0 saturated carbocycles. The molecule has 0 radical (unpaired) electrons. The minimum absolute atomic E-state index is 0.0719. The third-order valence-corrected chi connectivity index (χ3v) is 5.29. The van der Waals surface area contributed by atoms with Crippen LogP contribution in [0.1, 0.15) is 41.6 Å². The average Bonchev–Trinajstić information content (AvgIpc) is 2.99. The van der Waals surface area contributed by atoms with Gasteiger partial charge in [-0.3, -0.25) is 9.59 Å². The Balaban J connectivity index is 1.84. The zero-order chi connectivity index (χ0) is 21.4. The molecule has 1 atom stereocenters. The van der Waals surface area contributed by atoms with E-state index in [-0.39, 0.29) is 23.2 Å². The topological polar surface area (TPSA) is 64.2 Å². The second kappa shape index (κ2) is 7.95. The Kier molecular flexibility index (Phi) is 5.35. The van der Waals surface area contributed by atoms with Crippen molar-refractivity contribution in [3.63, 3.8) is 0 Å². The maximum atomic E-state index is 13.4. The summed E-state index contributed by atoms with van der Waals surface area (Å²) in [5, 5.41) is 0.494. The number of nitrogens with one attached hydrogen (secondary N) is 1. The number of amides is 1. The van der Waals surface area contributed by atoms with Crippen molar-refractivity contribution in [2.24, 2.45) is 0 Å². The lowest BCUT2D eigenvalue weighted by atomic mass is 9.98. The Hall–Kier alpha value is -3.12. The molecular weight excluding hydrogens is 380 g/mol. The van der Waals surface area contributed by atoms with E-state index in [9.17, 15) is 9.59 Å². The van der Waals surface area contributed by atoms with E-state index in [0.717, 1.165) is 17.9 Å². The minimum Gasteiger partial charge on any atom is -0.491 e. The maximum absolute atomic E-state index is 13.4. The summed E-state index contributed by atoms with van der Waals surface area (Å²) in [4.78, 5) is 29.6. The average molecular weight is 407 g/mol. The Bertz CT molecular complexity index is 1130. The fourth-order valence-electron chi connectivity index (χ4n) is 3.89. The summed E-state index contributed by atoms with van der Waals surface area (Å²) in [6.07, 6.45) is 0.0719. The lowest BCUT2D eigenvalue weighted by Gasteiger charge is -2.25. The van der Waals surface area contributed by atoms with Crippen LogP contribution in [0.15, 0.2) is 57.7 Å². The fourth-order valence-corrected chi connectivity index (χ4v) is 3.89. The summed E-state index contributed by atoms with van der Waals surface area (Å²) < 4.78 is 11.7. The van der Waals surface area contributed by atoms with Gasteiger partial charge < -0.3 is 19.0 Å². The monoisotopic (exact) mass is 407 g/mol. The largest absolute Gasteiger partial charge is 0.491 e. The zero-order valence-corrected chi connectivity index (χ0v) is 17.8. The van der Waals surface area contributed by atoms with E-state index >= 15 is 0 Å². The van der Waals surface area contributed by atoms with Crippen molar-refractivity contribution in [1.29, 1.82) is 0 Å². The Labute approximate surface area is 175 Å². The summed E-state index contributed by atoms with van der Waals surface area (Å²) in [5.74, 6) is 0.676. The van der Waals surface area contributed by atoms with Crippen LogP contribution in [0.25, 0.3) is 11.0 Å². The first-order valence-corrected chi connectivity index (χ1v) is 10.3. The lowest BCUT2D eigenvalue weighted by molar-refractivity contribution is -0.857.